The van der Waals surface area contributed by atoms with Gasteiger partial charge in [-0.05, 0) is 30.7 Å². The Balaban J connectivity index is 2.35. The van der Waals surface area contributed by atoms with E-state index in [4.69, 9.17) is 15.2 Å². The molecule has 0 saturated carbocycles. The van der Waals surface area contributed by atoms with Crippen molar-refractivity contribution < 1.29 is 14.3 Å². The second-order valence-electron chi connectivity index (χ2n) is 4.41. The Labute approximate surface area is 120 Å². The smallest absolute Gasteiger partial charge is 0.239 e. The molecule has 1 aromatic rings. The molecule has 2 N–H and O–H groups in total. The van der Waals surface area contributed by atoms with Crippen molar-refractivity contribution in [1.82, 2.24) is 4.90 Å². The summed E-state index contributed by atoms with van der Waals surface area (Å²) in [6, 6.07) is 6.77. The number of rotatable bonds is 8. The standard InChI is InChI=1S/C15H22N2O3/c1-4-5-14(16)15(18)17(2)10-11-20-13-8-6-12(19-3)7-9-13/h4,6-9,14H,1,5,10-11,16H2,2-3H3. The average molecular weight is 278 g/mol. The van der Waals surface area contributed by atoms with E-state index in [0.29, 0.717) is 19.6 Å². The summed E-state index contributed by atoms with van der Waals surface area (Å²) < 4.78 is 10.6. The van der Waals surface area contributed by atoms with Gasteiger partial charge in [-0.15, -0.1) is 6.58 Å². The Hall–Kier alpha value is -2.01. The van der Waals surface area contributed by atoms with E-state index in [1.54, 1.807) is 25.1 Å². The Bertz CT molecular complexity index is 431. The first-order valence-electron chi connectivity index (χ1n) is 6.46. The van der Waals surface area contributed by atoms with Crippen molar-refractivity contribution in [3.8, 4) is 11.5 Å². The number of carbonyl (C=O) groups is 1. The molecule has 20 heavy (non-hydrogen) atoms. The maximum Gasteiger partial charge on any atom is 0.239 e. The summed E-state index contributed by atoms with van der Waals surface area (Å²) in [7, 11) is 3.32. The Kier molecular flexibility index (Phi) is 6.59. The molecular weight excluding hydrogens is 256 g/mol. The van der Waals surface area contributed by atoms with Crippen molar-refractivity contribution in [2.24, 2.45) is 5.73 Å². The summed E-state index contributed by atoms with van der Waals surface area (Å²) in [5.41, 5.74) is 5.73. The first-order valence-corrected chi connectivity index (χ1v) is 6.46. The molecule has 5 heteroatoms. The van der Waals surface area contributed by atoms with Crippen LogP contribution < -0.4 is 15.2 Å². The molecule has 0 aliphatic carbocycles. The fourth-order valence-corrected chi connectivity index (χ4v) is 1.65. The SMILES string of the molecule is C=CCC(N)C(=O)N(C)CCOc1ccc(OC)cc1. The van der Waals surface area contributed by atoms with Gasteiger partial charge >= 0.3 is 0 Å². The van der Waals surface area contributed by atoms with Crippen LogP contribution in [-0.4, -0.2) is 44.2 Å². The summed E-state index contributed by atoms with van der Waals surface area (Å²) in [5, 5.41) is 0. The van der Waals surface area contributed by atoms with E-state index in [9.17, 15) is 4.79 Å². The molecule has 0 heterocycles. The fourth-order valence-electron chi connectivity index (χ4n) is 1.65. The number of ether oxygens (including phenoxy) is 2. The Morgan fingerprint density at radius 3 is 2.55 bits per heavy atom. The number of hydrogen-bond acceptors (Lipinski definition) is 4. The van der Waals surface area contributed by atoms with E-state index in [-0.39, 0.29) is 5.91 Å². The van der Waals surface area contributed by atoms with Crippen molar-refractivity contribution in [2.75, 3.05) is 27.3 Å². The van der Waals surface area contributed by atoms with Crippen molar-refractivity contribution in [2.45, 2.75) is 12.5 Å². The molecule has 0 radical (unpaired) electrons. The second kappa shape index (κ2) is 8.22. The van der Waals surface area contributed by atoms with Gasteiger partial charge in [0.05, 0.1) is 19.7 Å². The van der Waals surface area contributed by atoms with Gasteiger partial charge in [0.25, 0.3) is 0 Å². The van der Waals surface area contributed by atoms with E-state index >= 15 is 0 Å². The molecule has 1 aromatic carbocycles. The molecule has 1 atom stereocenters. The largest absolute Gasteiger partial charge is 0.497 e. The Morgan fingerprint density at radius 1 is 1.40 bits per heavy atom. The van der Waals surface area contributed by atoms with Crippen LogP contribution >= 0.6 is 0 Å². The number of amides is 1. The predicted molar refractivity (Wildman–Crippen MR) is 78.9 cm³/mol. The summed E-state index contributed by atoms with van der Waals surface area (Å²) >= 11 is 0. The highest BCUT2D eigenvalue weighted by Gasteiger charge is 2.16. The second-order valence-corrected chi connectivity index (χ2v) is 4.41. The van der Waals surface area contributed by atoms with Gasteiger partial charge in [-0.2, -0.15) is 0 Å². The maximum absolute atomic E-state index is 11.8. The molecule has 0 aromatic heterocycles. The normalized spacial score (nSPS) is 11.6. The van der Waals surface area contributed by atoms with Crippen LogP contribution in [0.1, 0.15) is 6.42 Å². The average Bonchev–Trinajstić information content (AvgIpc) is 2.47. The molecule has 0 saturated heterocycles. The van der Waals surface area contributed by atoms with Gasteiger partial charge in [0.15, 0.2) is 0 Å². The monoisotopic (exact) mass is 278 g/mol. The van der Waals surface area contributed by atoms with Gasteiger partial charge in [-0.3, -0.25) is 4.79 Å². The number of carbonyl (C=O) groups excluding carboxylic acids is 1. The zero-order chi connectivity index (χ0) is 15.0. The van der Waals surface area contributed by atoms with Crippen LogP contribution in [0.3, 0.4) is 0 Å². The highest BCUT2D eigenvalue weighted by Crippen LogP contribution is 2.16. The zero-order valence-electron chi connectivity index (χ0n) is 12.0. The van der Waals surface area contributed by atoms with Crippen molar-refractivity contribution in [3.05, 3.63) is 36.9 Å². The minimum Gasteiger partial charge on any atom is -0.497 e. The van der Waals surface area contributed by atoms with Gasteiger partial charge in [-0.1, -0.05) is 6.08 Å². The lowest BCUT2D eigenvalue weighted by Gasteiger charge is -2.20. The first-order chi connectivity index (χ1) is 9.58. The molecule has 0 aliphatic rings. The van der Waals surface area contributed by atoms with Crippen LogP contribution in [0.15, 0.2) is 36.9 Å². The number of methoxy groups -OCH3 is 1. The highest BCUT2D eigenvalue weighted by molar-refractivity contribution is 5.81. The van der Waals surface area contributed by atoms with E-state index in [1.165, 1.54) is 0 Å². The minimum absolute atomic E-state index is 0.108. The molecule has 0 bridgehead atoms. The third-order valence-electron chi connectivity index (χ3n) is 2.87. The van der Waals surface area contributed by atoms with Crippen LogP contribution in [0.25, 0.3) is 0 Å². The van der Waals surface area contributed by atoms with Crippen LogP contribution in [0.4, 0.5) is 0 Å². The molecule has 1 amide bonds. The highest BCUT2D eigenvalue weighted by atomic mass is 16.5. The summed E-state index contributed by atoms with van der Waals surface area (Å²) in [5.74, 6) is 1.41. The molecule has 0 spiro atoms. The maximum atomic E-state index is 11.8. The van der Waals surface area contributed by atoms with Gasteiger partial charge in [0.1, 0.15) is 18.1 Å². The van der Waals surface area contributed by atoms with Crippen LogP contribution in [-0.2, 0) is 4.79 Å². The molecule has 110 valence electrons. The Morgan fingerprint density at radius 2 is 2.00 bits per heavy atom. The quantitative estimate of drug-likeness (QED) is 0.731. The van der Waals surface area contributed by atoms with Gasteiger partial charge in [0.2, 0.25) is 5.91 Å². The van der Waals surface area contributed by atoms with Crippen molar-refractivity contribution in [1.29, 1.82) is 0 Å². The molecule has 0 fully saturated rings. The third kappa shape index (κ3) is 4.93. The predicted octanol–water partition coefficient (Wildman–Crippen LogP) is 1.44. The summed E-state index contributed by atoms with van der Waals surface area (Å²) in [6.45, 7) is 4.47. The van der Waals surface area contributed by atoms with Crippen LogP contribution in [0.2, 0.25) is 0 Å². The van der Waals surface area contributed by atoms with Crippen molar-refractivity contribution in [3.63, 3.8) is 0 Å². The lowest BCUT2D eigenvalue weighted by molar-refractivity contribution is -0.131. The number of likely N-dealkylation sites (N-methyl/N-ethyl adjacent to an activating group) is 1. The minimum atomic E-state index is -0.529. The van der Waals surface area contributed by atoms with Gasteiger partial charge in [-0.25, -0.2) is 0 Å². The number of hydrogen-bond donors (Lipinski definition) is 1. The van der Waals surface area contributed by atoms with Crippen LogP contribution in [0.5, 0.6) is 11.5 Å². The number of benzene rings is 1. The number of nitrogens with two attached hydrogens (primary N) is 1. The van der Waals surface area contributed by atoms with Gasteiger partial charge in [0, 0.05) is 7.05 Å². The number of nitrogens with zero attached hydrogens (tertiary/aromatic N) is 1. The zero-order valence-corrected chi connectivity index (χ0v) is 12.0. The molecular formula is C15H22N2O3. The van der Waals surface area contributed by atoms with E-state index in [0.717, 1.165) is 11.5 Å². The summed E-state index contributed by atoms with van der Waals surface area (Å²) in [6.07, 6.45) is 2.12. The molecule has 5 nitrogen and oxygen atoms in total. The summed E-state index contributed by atoms with van der Waals surface area (Å²) in [4.78, 5) is 13.4. The van der Waals surface area contributed by atoms with E-state index in [1.807, 2.05) is 24.3 Å². The lowest BCUT2D eigenvalue weighted by Crippen LogP contribution is -2.42. The van der Waals surface area contributed by atoms with E-state index < -0.39 is 6.04 Å². The molecule has 0 aliphatic heterocycles. The van der Waals surface area contributed by atoms with Gasteiger partial charge < -0.3 is 20.1 Å². The van der Waals surface area contributed by atoms with Crippen molar-refractivity contribution >= 4 is 5.91 Å². The molecule has 1 unspecified atom stereocenters. The molecule has 1 rings (SSSR count). The van der Waals surface area contributed by atoms with Crippen LogP contribution in [0, 0.1) is 0 Å². The van der Waals surface area contributed by atoms with E-state index in [2.05, 4.69) is 6.58 Å². The fraction of sp³-hybridized carbons (Fsp3) is 0.400. The lowest BCUT2D eigenvalue weighted by atomic mass is 10.2. The first kappa shape index (κ1) is 16.0. The topological polar surface area (TPSA) is 64.8 Å². The third-order valence-corrected chi connectivity index (χ3v) is 2.87.